The number of carboxylic acids is 1. The van der Waals surface area contributed by atoms with Crippen LogP contribution in [0.5, 0.6) is 0 Å². The van der Waals surface area contributed by atoms with E-state index in [0.717, 1.165) is 21.2 Å². The topological polar surface area (TPSA) is 77.8 Å². The highest BCUT2D eigenvalue weighted by atomic mass is 35.5. The first-order chi connectivity index (χ1) is 10.5. The number of hydrogen-bond donors (Lipinski definition) is 2. The second kappa shape index (κ2) is 5.66. The zero-order valence-corrected chi connectivity index (χ0v) is 13.6. The highest BCUT2D eigenvalue weighted by Gasteiger charge is 2.67. The number of thiophene rings is 1. The van der Waals surface area contributed by atoms with Crippen LogP contribution in [0.2, 0.25) is 4.34 Å². The maximum Gasteiger partial charge on any atom is 0.331 e. The van der Waals surface area contributed by atoms with Gasteiger partial charge in [-0.05, 0) is 24.1 Å². The predicted octanol–water partition coefficient (Wildman–Crippen LogP) is 3.36. The van der Waals surface area contributed by atoms with Crippen molar-refractivity contribution in [1.29, 1.82) is 0 Å². The molecular weight excluding hydrogens is 346 g/mol. The smallest absolute Gasteiger partial charge is 0.331 e. The first-order valence-electron chi connectivity index (χ1n) is 6.41. The lowest BCUT2D eigenvalue weighted by molar-refractivity contribution is -0.139. The van der Waals surface area contributed by atoms with Crippen LogP contribution in [-0.2, 0) is 16.1 Å². The quantitative estimate of drug-likeness (QED) is 0.804. The fraction of sp³-hybridized carbons (Fsp3) is 0.214. The fourth-order valence-electron chi connectivity index (χ4n) is 2.71. The summed E-state index contributed by atoms with van der Waals surface area (Å²) in [7, 11) is 0. The van der Waals surface area contributed by atoms with E-state index in [2.05, 4.69) is 0 Å². The van der Waals surface area contributed by atoms with Crippen LogP contribution >= 0.6 is 22.9 Å². The van der Waals surface area contributed by atoms with Gasteiger partial charge in [0.25, 0.3) is 11.3 Å². The Labute approximate surface area is 138 Å². The van der Waals surface area contributed by atoms with Crippen LogP contribution in [0.15, 0.2) is 42.5 Å². The van der Waals surface area contributed by atoms with Crippen LogP contribution in [0, 0.1) is 0 Å². The Morgan fingerprint density at radius 1 is 1.32 bits per heavy atom. The first kappa shape index (κ1) is 15.5. The van der Waals surface area contributed by atoms with E-state index in [4.69, 9.17) is 11.6 Å². The van der Waals surface area contributed by atoms with Crippen molar-refractivity contribution < 1.29 is 18.7 Å². The summed E-state index contributed by atoms with van der Waals surface area (Å²) in [6.07, 6.45) is 0.272. The summed E-state index contributed by atoms with van der Waals surface area (Å²) in [6.45, 7) is 0. The van der Waals surface area contributed by atoms with Crippen LogP contribution in [0.25, 0.3) is 0 Å². The Morgan fingerprint density at radius 3 is 2.50 bits per heavy atom. The largest absolute Gasteiger partial charge is 0.479 e. The molecule has 5 nitrogen and oxygen atoms in total. The molecule has 0 saturated heterocycles. The van der Waals surface area contributed by atoms with Gasteiger partial charge in [0.2, 0.25) is 0 Å². The highest BCUT2D eigenvalue weighted by Crippen LogP contribution is 2.58. The van der Waals surface area contributed by atoms with E-state index >= 15 is 0 Å². The summed E-state index contributed by atoms with van der Waals surface area (Å²) in [4.78, 5) is 11.9. The van der Waals surface area contributed by atoms with Crippen molar-refractivity contribution in [2.75, 3.05) is 4.31 Å². The number of carbonyl (C=O) groups is 1. The first-order valence-corrected chi connectivity index (χ1v) is 8.67. The molecule has 22 heavy (non-hydrogen) atoms. The monoisotopic (exact) mass is 357 g/mol. The standard InChI is InChI=1S/C14H12ClNO4S2/c15-11-6-7-12(21-11)16(22(19)20)14(13(17)18)8-10(14)9-4-2-1-3-5-9/h1-7,10H,8H2,(H,17,18)(H,19,20). The van der Waals surface area contributed by atoms with E-state index in [1.54, 1.807) is 12.1 Å². The molecule has 1 heterocycles. The molecule has 1 fully saturated rings. The molecule has 3 atom stereocenters. The van der Waals surface area contributed by atoms with Gasteiger partial charge >= 0.3 is 5.97 Å². The van der Waals surface area contributed by atoms with Gasteiger partial charge in [0.1, 0.15) is 5.00 Å². The molecule has 1 aliphatic rings. The summed E-state index contributed by atoms with van der Waals surface area (Å²) in [5, 5.41) is 10.1. The molecule has 1 saturated carbocycles. The summed E-state index contributed by atoms with van der Waals surface area (Å²) < 4.78 is 23.0. The number of aliphatic carboxylic acids is 1. The molecule has 0 amide bonds. The van der Waals surface area contributed by atoms with Gasteiger partial charge in [0, 0.05) is 5.92 Å². The lowest BCUT2D eigenvalue weighted by Crippen LogP contribution is -2.45. The van der Waals surface area contributed by atoms with Gasteiger partial charge in [0.15, 0.2) is 5.54 Å². The van der Waals surface area contributed by atoms with Crippen LogP contribution < -0.4 is 4.31 Å². The molecule has 0 aliphatic heterocycles. The number of hydrogen-bond acceptors (Lipinski definition) is 3. The van der Waals surface area contributed by atoms with Gasteiger partial charge in [-0.25, -0.2) is 13.3 Å². The number of anilines is 1. The molecule has 3 rings (SSSR count). The van der Waals surface area contributed by atoms with Gasteiger partial charge in [-0.1, -0.05) is 41.9 Å². The maximum absolute atomic E-state index is 11.9. The van der Waals surface area contributed by atoms with E-state index < -0.39 is 22.8 Å². The summed E-state index contributed by atoms with van der Waals surface area (Å²) in [5.74, 6) is -1.46. The minimum atomic E-state index is -2.46. The average molecular weight is 358 g/mol. The zero-order chi connectivity index (χ0) is 15.9. The molecule has 1 aromatic carbocycles. The third kappa shape index (κ3) is 2.44. The number of nitrogens with zero attached hydrogens (tertiary/aromatic N) is 1. The molecule has 2 N–H and O–H groups in total. The average Bonchev–Trinajstić information content (AvgIpc) is 3.09. The number of benzene rings is 1. The number of halogens is 1. The third-order valence-corrected chi connectivity index (χ3v) is 5.95. The Bertz CT molecular complexity index is 735. The molecular formula is C14H12ClNO4S2. The van der Waals surface area contributed by atoms with E-state index in [9.17, 15) is 18.7 Å². The Morgan fingerprint density at radius 2 is 2.00 bits per heavy atom. The molecule has 0 bridgehead atoms. The molecule has 1 aliphatic carbocycles. The molecule has 116 valence electrons. The summed E-state index contributed by atoms with van der Waals surface area (Å²) in [6, 6.07) is 12.3. The van der Waals surface area contributed by atoms with Gasteiger partial charge in [-0.15, -0.1) is 11.3 Å². The Hall–Kier alpha value is -1.41. The zero-order valence-electron chi connectivity index (χ0n) is 11.2. The van der Waals surface area contributed by atoms with Gasteiger partial charge in [-0.3, -0.25) is 4.55 Å². The molecule has 0 radical (unpaired) electrons. The van der Waals surface area contributed by atoms with Crippen LogP contribution in [0.4, 0.5) is 5.00 Å². The Balaban J connectivity index is 2.04. The maximum atomic E-state index is 11.9. The molecule has 2 aromatic rings. The van der Waals surface area contributed by atoms with E-state index in [-0.39, 0.29) is 12.3 Å². The van der Waals surface area contributed by atoms with Crippen molar-refractivity contribution >= 4 is 45.2 Å². The van der Waals surface area contributed by atoms with Crippen molar-refractivity contribution in [3.05, 3.63) is 52.4 Å². The minimum absolute atomic E-state index is 0.272. The summed E-state index contributed by atoms with van der Waals surface area (Å²) >= 11 is 4.50. The van der Waals surface area contributed by atoms with E-state index in [1.165, 1.54) is 0 Å². The van der Waals surface area contributed by atoms with E-state index in [0.29, 0.717) is 9.34 Å². The van der Waals surface area contributed by atoms with Crippen molar-refractivity contribution in [2.24, 2.45) is 0 Å². The molecule has 3 unspecified atom stereocenters. The van der Waals surface area contributed by atoms with E-state index in [1.807, 2.05) is 30.3 Å². The second-order valence-corrected chi connectivity index (χ2v) is 7.52. The van der Waals surface area contributed by atoms with Crippen molar-refractivity contribution in [3.63, 3.8) is 0 Å². The second-order valence-electron chi connectivity index (χ2n) is 5.00. The fourth-order valence-corrected chi connectivity index (χ4v) is 4.80. The SMILES string of the molecule is O=C(O)C1(N(c2ccc(Cl)s2)S(=O)O)CC1c1ccccc1. The number of rotatable bonds is 5. The van der Waals surface area contributed by atoms with Gasteiger partial charge < -0.3 is 5.11 Å². The highest BCUT2D eigenvalue weighted by molar-refractivity contribution is 7.81. The Kier molecular flexibility index (Phi) is 3.98. The normalized spacial score (nSPS) is 24.7. The lowest BCUT2D eigenvalue weighted by atomic mass is 10.1. The van der Waals surface area contributed by atoms with Crippen molar-refractivity contribution in [1.82, 2.24) is 0 Å². The van der Waals surface area contributed by atoms with Crippen LogP contribution in [0.1, 0.15) is 17.9 Å². The van der Waals surface area contributed by atoms with Crippen molar-refractivity contribution in [2.45, 2.75) is 17.9 Å². The molecule has 8 heteroatoms. The predicted molar refractivity (Wildman–Crippen MR) is 86.7 cm³/mol. The van der Waals surface area contributed by atoms with Gasteiger partial charge in [0.05, 0.1) is 4.34 Å². The third-order valence-electron chi connectivity index (χ3n) is 3.78. The van der Waals surface area contributed by atoms with Crippen LogP contribution in [-0.4, -0.2) is 25.4 Å². The van der Waals surface area contributed by atoms with Gasteiger partial charge in [-0.2, -0.15) is 0 Å². The van der Waals surface area contributed by atoms with Crippen LogP contribution in [0.3, 0.4) is 0 Å². The summed E-state index contributed by atoms with van der Waals surface area (Å²) in [5.41, 5.74) is -0.585. The lowest BCUT2D eigenvalue weighted by Gasteiger charge is -2.26. The molecule has 1 aromatic heterocycles. The number of carboxylic acid groups (broad SMARTS) is 1. The minimum Gasteiger partial charge on any atom is -0.479 e. The molecule has 0 spiro atoms. The van der Waals surface area contributed by atoms with Crippen molar-refractivity contribution in [3.8, 4) is 0 Å².